The second-order valence-electron chi connectivity index (χ2n) is 4.42. The summed E-state index contributed by atoms with van der Waals surface area (Å²) >= 11 is 0. The van der Waals surface area contributed by atoms with E-state index in [1.807, 2.05) is 0 Å². The maximum absolute atomic E-state index is 12.0. The largest absolute Gasteiger partial charge is 0.508 e. The van der Waals surface area contributed by atoms with Gasteiger partial charge >= 0.3 is 0 Å². The van der Waals surface area contributed by atoms with Crippen molar-refractivity contribution < 1.29 is 19.4 Å². The summed E-state index contributed by atoms with van der Waals surface area (Å²) in [6.45, 7) is 0. The molecular weight excluding hydrogens is 270 g/mol. The molecule has 0 saturated carbocycles. The third-order valence-electron chi connectivity index (χ3n) is 3.01. The van der Waals surface area contributed by atoms with Crippen molar-refractivity contribution >= 4 is 11.6 Å². The zero-order chi connectivity index (χ0) is 15.2. The fraction of sp³-hybridized carbons (Fsp3) is 0.188. The Kier molecular flexibility index (Phi) is 4.66. The number of amides is 1. The lowest BCUT2D eigenvalue weighted by Crippen LogP contribution is -2.14. The maximum Gasteiger partial charge on any atom is 0.228 e. The minimum Gasteiger partial charge on any atom is -0.508 e. The molecule has 5 nitrogen and oxygen atoms in total. The van der Waals surface area contributed by atoms with Crippen LogP contribution in [0, 0.1) is 0 Å². The number of aromatic hydroxyl groups is 1. The lowest BCUT2D eigenvalue weighted by Gasteiger charge is -2.11. The van der Waals surface area contributed by atoms with Crippen LogP contribution >= 0.6 is 0 Å². The van der Waals surface area contributed by atoms with Gasteiger partial charge in [-0.15, -0.1) is 0 Å². The van der Waals surface area contributed by atoms with Gasteiger partial charge in [0, 0.05) is 17.3 Å². The molecule has 0 fully saturated rings. The molecule has 0 aliphatic heterocycles. The minimum absolute atomic E-state index is 0.0982. The summed E-state index contributed by atoms with van der Waals surface area (Å²) in [5.74, 6) is 1.03. The summed E-state index contributed by atoms with van der Waals surface area (Å²) in [4.78, 5) is 12.0. The molecule has 21 heavy (non-hydrogen) atoms. The fourth-order valence-corrected chi connectivity index (χ4v) is 1.95. The summed E-state index contributed by atoms with van der Waals surface area (Å²) in [5.41, 5.74) is 1.18. The summed E-state index contributed by atoms with van der Waals surface area (Å²) in [5, 5.41) is 12.4. The number of methoxy groups -OCH3 is 2. The molecule has 0 spiro atoms. The van der Waals surface area contributed by atoms with Gasteiger partial charge in [0.25, 0.3) is 0 Å². The van der Waals surface area contributed by atoms with Crippen molar-refractivity contribution in [3.8, 4) is 17.2 Å². The molecular formula is C16H17NO4. The topological polar surface area (TPSA) is 67.8 Å². The molecule has 5 heteroatoms. The van der Waals surface area contributed by atoms with Crippen LogP contribution in [0.15, 0.2) is 42.5 Å². The minimum atomic E-state index is -0.219. The highest BCUT2D eigenvalue weighted by Crippen LogP contribution is 2.29. The first-order chi connectivity index (χ1) is 10.1. The highest BCUT2D eigenvalue weighted by Gasteiger charge is 2.09. The Bertz CT molecular complexity index is 640. The van der Waals surface area contributed by atoms with Crippen molar-refractivity contribution in [2.24, 2.45) is 0 Å². The van der Waals surface area contributed by atoms with Crippen LogP contribution in [0.1, 0.15) is 5.56 Å². The van der Waals surface area contributed by atoms with Crippen LogP contribution < -0.4 is 14.8 Å². The predicted molar refractivity (Wildman–Crippen MR) is 80.0 cm³/mol. The van der Waals surface area contributed by atoms with E-state index in [1.54, 1.807) is 49.6 Å². The summed E-state index contributed by atoms with van der Waals surface area (Å²) in [6.07, 6.45) is 0.0982. The van der Waals surface area contributed by atoms with E-state index in [0.717, 1.165) is 0 Å². The van der Waals surface area contributed by atoms with E-state index in [4.69, 9.17) is 9.47 Å². The Morgan fingerprint density at radius 1 is 1.10 bits per heavy atom. The maximum atomic E-state index is 12.0. The van der Waals surface area contributed by atoms with Gasteiger partial charge in [0.1, 0.15) is 5.75 Å². The fourth-order valence-electron chi connectivity index (χ4n) is 1.95. The number of benzene rings is 2. The molecule has 0 heterocycles. The number of carbonyl (C=O) groups is 1. The number of anilines is 1. The molecule has 2 N–H and O–H groups in total. The lowest BCUT2D eigenvalue weighted by atomic mass is 10.1. The molecule has 110 valence electrons. The number of hydrogen-bond donors (Lipinski definition) is 2. The zero-order valence-electron chi connectivity index (χ0n) is 11.9. The molecule has 0 aliphatic rings. The first kappa shape index (κ1) is 14.7. The molecule has 2 rings (SSSR count). The number of nitrogens with one attached hydrogen (secondary N) is 1. The van der Waals surface area contributed by atoms with Gasteiger partial charge in [-0.2, -0.15) is 0 Å². The van der Waals surface area contributed by atoms with Gasteiger partial charge in [-0.25, -0.2) is 0 Å². The molecule has 0 unspecified atom stereocenters. The Labute approximate surface area is 123 Å². The smallest absolute Gasteiger partial charge is 0.228 e. The monoisotopic (exact) mass is 287 g/mol. The van der Waals surface area contributed by atoms with Crippen LogP contribution in [-0.4, -0.2) is 25.2 Å². The molecule has 1 amide bonds. The van der Waals surface area contributed by atoms with Crippen LogP contribution in [0.25, 0.3) is 0 Å². The van der Waals surface area contributed by atoms with E-state index >= 15 is 0 Å². The number of para-hydroxylation sites is 1. The molecule has 0 aromatic heterocycles. The number of rotatable bonds is 5. The molecule has 0 atom stereocenters. The van der Waals surface area contributed by atoms with Gasteiger partial charge in [-0.3, -0.25) is 4.79 Å². The first-order valence-corrected chi connectivity index (χ1v) is 6.42. The number of ether oxygens (including phenoxy) is 2. The molecule has 0 radical (unpaired) electrons. The highest BCUT2D eigenvalue weighted by atomic mass is 16.5. The average molecular weight is 287 g/mol. The van der Waals surface area contributed by atoms with Gasteiger partial charge in [-0.05, 0) is 18.2 Å². The quantitative estimate of drug-likeness (QED) is 0.887. The van der Waals surface area contributed by atoms with E-state index in [-0.39, 0.29) is 18.1 Å². The molecule has 2 aromatic rings. The second-order valence-corrected chi connectivity index (χ2v) is 4.42. The van der Waals surface area contributed by atoms with E-state index in [1.165, 1.54) is 7.11 Å². The van der Waals surface area contributed by atoms with Crippen molar-refractivity contribution in [3.05, 3.63) is 48.0 Å². The van der Waals surface area contributed by atoms with E-state index in [9.17, 15) is 9.90 Å². The van der Waals surface area contributed by atoms with Crippen molar-refractivity contribution in [1.29, 1.82) is 0 Å². The van der Waals surface area contributed by atoms with Gasteiger partial charge in [-0.1, -0.05) is 18.2 Å². The van der Waals surface area contributed by atoms with Crippen LogP contribution in [0.5, 0.6) is 17.2 Å². The molecule has 0 saturated heterocycles. The molecule has 2 aromatic carbocycles. The normalized spacial score (nSPS) is 10.0. The van der Waals surface area contributed by atoms with Gasteiger partial charge in [0.2, 0.25) is 5.91 Å². The Balaban J connectivity index is 2.08. The van der Waals surface area contributed by atoms with Crippen molar-refractivity contribution in [1.82, 2.24) is 0 Å². The number of phenols is 1. The second kappa shape index (κ2) is 6.65. The summed E-state index contributed by atoms with van der Waals surface area (Å²) in [7, 11) is 3.08. The Morgan fingerprint density at radius 3 is 2.48 bits per heavy atom. The van der Waals surface area contributed by atoms with E-state index < -0.39 is 0 Å². The number of carbonyl (C=O) groups excluding carboxylic acids is 1. The standard InChI is InChI=1S/C16H17NO4/c1-20-14-8-7-12(10-15(14)21-2)17-16(19)9-11-5-3-4-6-13(11)18/h3-8,10,18H,9H2,1-2H3,(H,17,19). The van der Waals surface area contributed by atoms with E-state index in [2.05, 4.69) is 5.32 Å². The van der Waals surface area contributed by atoms with Crippen molar-refractivity contribution in [2.45, 2.75) is 6.42 Å². The Hall–Kier alpha value is -2.69. The van der Waals surface area contributed by atoms with E-state index in [0.29, 0.717) is 22.7 Å². The van der Waals surface area contributed by atoms with Gasteiger partial charge in [0.05, 0.1) is 20.6 Å². The lowest BCUT2D eigenvalue weighted by molar-refractivity contribution is -0.115. The first-order valence-electron chi connectivity index (χ1n) is 6.42. The number of hydrogen-bond acceptors (Lipinski definition) is 4. The van der Waals surface area contributed by atoms with Crippen molar-refractivity contribution in [2.75, 3.05) is 19.5 Å². The summed E-state index contributed by atoms with van der Waals surface area (Å²) < 4.78 is 10.3. The molecule has 0 bridgehead atoms. The van der Waals surface area contributed by atoms with Gasteiger partial charge < -0.3 is 19.9 Å². The van der Waals surface area contributed by atoms with Gasteiger partial charge in [0.15, 0.2) is 11.5 Å². The highest BCUT2D eigenvalue weighted by molar-refractivity contribution is 5.92. The number of phenolic OH excluding ortho intramolecular Hbond substituents is 1. The zero-order valence-corrected chi connectivity index (χ0v) is 11.9. The SMILES string of the molecule is COc1ccc(NC(=O)Cc2ccccc2O)cc1OC. The third kappa shape index (κ3) is 3.66. The third-order valence-corrected chi connectivity index (χ3v) is 3.01. The van der Waals surface area contributed by atoms with Crippen LogP contribution in [0.2, 0.25) is 0 Å². The summed E-state index contributed by atoms with van der Waals surface area (Å²) in [6, 6.07) is 11.9. The van der Waals surface area contributed by atoms with Crippen molar-refractivity contribution in [3.63, 3.8) is 0 Å². The predicted octanol–water partition coefficient (Wildman–Crippen LogP) is 2.59. The Morgan fingerprint density at radius 2 is 1.81 bits per heavy atom. The van der Waals surface area contributed by atoms with Crippen LogP contribution in [-0.2, 0) is 11.2 Å². The van der Waals surface area contributed by atoms with Crippen LogP contribution in [0.3, 0.4) is 0 Å². The van der Waals surface area contributed by atoms with Crippen LogP contribution in [0.4, 0.5) is 5.69 Å². The average Bonchev–Trinajstić information content (AvgIpc) is 2.49. The molecule has 0 aliphatic carbocycles.